The zero-order valence-electron chi connectivity index (χ0n) is 9.40. The molecule has 0 saturated carbocycles. The summed E-state index contributed by atoms with van der Waals surface area (Å²) < 4.78 is 0. The fourth-order valence-corrected chi connectivity index (χ4v) is 3.55. The zero-order valence-corrected chi connectivity index (χ0v) is 10.6. The summed E-state index contributed by atoms with van der Waals surface area (Å²) in [5.41, 5.74) is 1.13. The van der Waals surface area contributed by atoms with Crippen LogP contribution in [0.4, 0.5) is 0 Å². The summed E-state index contributed by atoms with van der Waals surface area (Å²) in [6.07, 6.45) is 8.70. The van der Waals surface area contributed by atoms with Crippen molar-refractivity contribution in [1.82, 2.24) is 0 Å². The van der Waals surface area contributed by atoms with Crippen LogP contribution in [0.3, 0.4) is 0 Å². The second kappa shape index (κ2) is 7.84. The quantitative estimate of drug-likeness (QED) is 0.522. The zero-order chi connectivity index (χ0) is 9.40. The molecule has 0 aromatic heterocycles. The maximum Gasteiger partial charge on any atom is 0.0337 e. The molecule has 0 heterocycles. The third-order valence-corrected chi connectivity index (χ3v) is 5.35. The van der Waals surface area contributed by atoms with E-state index in [0.717, 1.165) is 5.54 Å². The molecule has 0 aliphatic heterocycles. The van der Waals surface area contributed by atoms with Gasteiger partial charge in [-0.3, -0.25) is 0 Å². The molecule has 0 unspecified atom stereocenters. The summed E-state index contributed by atoms with van der Waals surface area (Å²) in [6, 6.07) is 0. The first-order valence-corrected chi connectivity index (χ1v) is 8.69. The second-order valence-corrected chi connectivity index (χ2v) is 7.72. The van der Waals surface area contributed by atoms with Crippen LogP contribution in [0, 0.1) is 0 Å². The van der Waals surface area contributed by atoms with Gasteiger partial charge in [-0.1, -0.05) is 65.5 Å². The monoisotopic (exact) mass is 186 g/mol. The highest BCUT2D eigenvalue weighted by molar-refractivity contribution is 6.57. The summed E-state index contributed by atoms with van der Waals surface area (Å²) in [4.78, 5) is 0. The SMILES string of the molecule is CCCCC(CCCC)[SiH](C)C. The van der Waals surface area contributed by atoms with Gasteiger partial charge in [0.15, 0.2) is 0 Å². The Hall–Kier alpha value is 0.217. The number of rotatable bonds is 7. The van der Waals surface area contributed by atoms with Gasteiger partial charge in [0.2, 0.25) is 0 Å². The Morgan fingerprint density at radius 2 is 1.33 bits per heavy atom. The van der Waals surface area contributed by atoms with Gasteiger partial charge < -0.3 is 0 Å². The first-order valence-electron chi connectivity index (χ1n) is 5.72. The van der Waals surface area contributed by atoms with E-state index in [2.05, 4.69) is 26.9 Å². The van der Waals surface area contributed by atoms with Crippen molar-refractivity contribution < 1.29 is 0 Å². The van der Waals surface area contributed by atoms with Gasteiger partial charge in [0, 0.05) is 8.80 Å². The van der Waals surface area contributed by atoms with Crippen molar-refractivity contribution in [2.24, 2.45) is 0 Å². The fraction of sp³-hybridized carbons (Fsp3) is 1.00. The first kappa shape index (κ1) is 12.2. The average Bonchev–Trinajstić information content (AvgIpc) is 2.04. The predicted octanol–water partition coefficient (Wildman–Crippen LogP) is 4.22. The maximum atomic E-state index is 2.51. The van der Waals surface area contributed by atoms with E-state index in [0.29, 0.717) is 0 Å². The number of hydrogen-bond donors (Lipinski definition) is 0. The van der Waals surface area contributed by atoms with E-state index in [-0.39, 0.29) is 8.80 Å². The summed E-state index contributed by atoms with van der Waals surface area (Å²) in [7, 11) is -0.349. The van der Waals surface area contributed by atoms with Crippen molar-refractivity contribution in [2.75, 3.05) is 0 Å². The largest absolute Gasteiger partial charge is 0.0720 e. The topological polar surface area (TPSA) is 0 Å². The van der Waals surface area contributed by atoms with Crippen molar-refractivity contribution in [3.63, 3.8) is 0 Å². The van der Waals surface area contributed by atoms with E-state index >= 15 is 0 Å². The summed E-state index contributed by atoms with van der Waals surface area (Å²) in [5.74, 6) is 0. The highest BCUT2D eigenvalue weighted by atomic mass is 28.3. The number of unbranched alkanes of at least 4 members (excludes halogenated alkanes) is 2. The van der Waals surface area contributed by atoms with Crippen LogP contribution in [0.2, 0.25) is 18.6 Å². The molecule has 0 aromatic carbocycles. The Bertz CT molecular complexity index is 81.0. The summed E-state index contributed by atoms with van der Waals surface area (Å²) >= 11 is 0. The van der Waals surface area contributed by atoms with E-state index in [9.17, 15) is 0 Å². The van der Waals surface area contributed by atoms with Gasteiger partial charge in [0.05, 0.1) is 0 Å². The van der Waals surface area contributed by atoms with Crippen LogP contribution >= 0.6 is 0 Å². The molecule has 0 aliphatic carbocycles. The van der Waals surface area contributed by atoms with Gasteiger partial charge >= 0.3 is 0 Å². The van der Waals surface area contributed by atoms with Gasteiger partial charge in [-0.2, -0.15) is 0 Å². The molecule has 74 valence electrons. The van der Waals surface area contributed by atoms with Crippen molar-refractivity contribution in [3.8, 4) is 0 Å². The molecule has 0 aliphatic rings. The molecule has 0 rings (SSSR count). The van der Waals surface area contributed by atoms with Crippen LogP contribution in [0.25, 0.3) is 0 Å². The molecule has 0 aromatic rings. The molecule has 1 heteroatoms. The minimum atomic E-state index is -0.349. The molecule has 0 atom stereocenters. The van der Waals surface area contributed by atoms with E-state index in [1.54, 1.807) is 0 Å². The lowest BCUT2D eigenvalue weighted by Gasteiger charge is -2.18. The fourth-order valence-electron chi connectivity index (χ4n) is 1.74. The lowest BCUT2D eigenvalue weighted by molar-refractivity contribution is 0.592. The molecule has 0 spiro atoms. The van der Waals surface area contributed by atoms with Crippen LogP contribution in [0.1, 0.15) is 52.4 Å². The highest BCUT2D eigenvalue weighted by Crippen LogP contribution is 2.24. The molecule has 0 nitrogen and oxygen atoms in total. The van der Waals surface area contributed by atoms with Crippen LogP contribution < -0.4 is 0 Å². The average molecular weight is 186 g/mol. The standard InChI is InChI=1S/C11H26Si/c1-5-7-9-11(12(3)4)10-8-6-2/h11-12H,5-10H2,1-4H3. The molecular weight excluding hydrogens is 160 g/mol. The molecule has 0 N–H and O–H groups in total. The third kappa shape index (κ3) is 5.82. The normalized spacial score (nSPS) is 11.5. The van der Waals surface area contributed by atoms with Crippen LogP contribution in [0.15, 0.2) is 0 Å². The minimum Gasteiger partial charge on any atom is -0.0720 e. The van der Waals surface area contributed by atoms with Gasteiger partial charge in [-0.15, -0.1) is 0 Å². The Morgan fingerprint density at radius 1 is 0.917 bits per heavy atom. The van der Waals surface area contributed by atoms with Crippen LogP contribution in [0.5, 0.6) is 0 Å². The van der Waals surface area contributed by atoms with E-state index in [1.165, 1.54) is 38.5 Å². The predicted molar refractivity (Wildman–Crippen MR) is 61.7 cm³/mol. The van der Waals surface area contributed by atoms with Crippen molar-refractivity contribution in [1.29, 1.82) is 0 Å². The Balaban J connectivity index is 3.55. The van der Waals surface area contributed by atoms with Gasteiger partial charge in [0.1, 0.15) is 0 Å². The number of hydrogen-bond acceptors (Lipinski definition) is 0. The van der Waals surface area contributed by atoms with Crippen LogP contribution in [-0.4, -0.2) is 8.80 Å². The van der Waals surface area contributed by atoms with E-state index < -0.39 is 0 Å². The van der Waals surface area contributed by atoms with Gasteiger partial charge in [0.25, 0.3) is 0 Å². The molecule has 0 bridgehead atoms. The first-order chi connectivity index (χ1) is 5.72. The lowest BCUT2D eigenvalue weighted by Crippen LogP contribution is -2.12. The second-order valence-electron chi connectivity index (χ2n) is 4.29. The van der Waals surface area contributed by atoms with Gasteiger partial charge in [-0.25, -0.2) is 0 Å². The molecule has 0 amide bonds. The van der Waals surface area contributed by atoms with Crippen molar-refractivity contribution in [2.45, 2.75) is 71.0 Å². The Kier molecular flexibility index (Phi) is 7.99. The van der Waals surface area contributed by atoms with Crippen LogP contribution in [-0.2, 0) is 0 Å². The third-order valence-electron chi connectivity index (χ3n) is 2.80. The van der Waals surface area contributed by atoms with Crippen molar-refractivity contribution in [3.05, 3.63) is 0 Å². The lowest BCUT2D eigenvalue weighted by atomic mass is 10.1. The molecule has 0 saturated heterocycles. The van der Waals surface area contributed by atoms with E-state index in [1.807, 2.05) is 0 Å². The summed E-state index contributed by atoms with van der Waals surface area (Å²) in [6.45, 7) is 9.63. The van der Waals surface area contributed by atoms with E-state index in [4.69, 9.17) is 0 Å². The Labute approximate surface area is 80.4 Å². The van der Waals surface area contributed by atoms with Crippen molar-refractivity contribution >= 4 is 8.80 Å². The molecule has 0 radical (unpaired) electrons. The maximum absolute atomic E-state index is 2.51. The summed E-state index contributed by atoms with van der Waals surface area (Å²) in [5, 5.41) is 0. The minimum absolute atomic E-state index is 0.349. The highest BCUT2D eigenvalue weighted by Gasteiger charge is 2.12. The molecule has 0 fully saturated rings. The Morgan fingerprint density at radius 3 is 1.58 bits per heavy atom. The molecule has 12 heavy (non-hydrogen) atoms. The molecular formula is C11H26Si. The van der Waals surface area contributed by atoms with Gasteiger partial charge in [-0.05, 0) is 5.54 Å². The smallest absolute Gasteiger partial charge is 0.0337 e.